The molecule has 1 aliphatic rings. The summed E-state index contributed by atoms with van der Waals surface area (Å²) in [5, 5.41) is 2.53. The number of amides is 2. The first-order chi connectivity index (χ1) is 14.3. The molecule has 0 saturated carbocycles. The third kappa shape index (κ3) is 4.81. The maximum atomic E-state index is 12.5. The second-order valence-electron chi connectivity index (χ2n) is 6.27. The summed E-state index contributed by atoms with van der Waals surface area (Å²) in [6, 6.07) is 8.47. The van der Waals surface area contributed by atoms with Crippen LogP contribution in [0.5, 0.6) is 17.2 Å². The molecule has 3 N–H and O–H groups in total. The van der Waals surface area contributed by atoms with E-state index in [1.165, 1.54) is 37.4 Å². The average molecular weight is 435 g/mol. The van der Waals surface area contributed by atoms with Crippen molar-refractivity contribution in [2.45, 2.75) is 18.2 Å². The number of benzene rings is 2. The highest BCUT2D eigenvalue weighted by atomic mass is 32.2. The van der Waals surface area contributed by atoms with Crippen LogP contribution in [-0.4, -0.2) is 40.6 Å². The lowest BCUT2D eigenvalue weighted by Crippen LogP contribution is -2.41. The zero-order valence-electron chi connectivity index (χ0n) is 16.4. The Labute approximate surface area is 173 Å². The monoisotopic (exact) mass is 435 g/mol. The van der Waals surface area contributed by atoms with Gasteiger partial charge in [0, 0.05) is 5.56 Å². The Kier molecular flexibility index (Phi) is 6.43. The number of ether oxygens (including phenoxy) is 3. The Bertz CT molecular complexity index is 1070. The van der Waals surface area contributed by atoms with Crippen LogP contribution < -0.4 is 29.8 Å². The van der Waals surface area contributed by atoms with Crippen molar-refractivity contribution < 1.29 is 32.2 Å². The van der Waals surface area contributed by atoms with E-state index in [0.29, 0.717) is 23.9 Å². The van der Waals surface area contributed by atoms with Crippen molar-refractivity contribution in [3.63, 3.8) is 0 Å². The smallest absolute Gasteiger partial charge is 0.266 e. The van der Waals surface area contributed by atoms with Crippen molar-refractivity contribution in [2.24, 2.45) is 0 Å². The van der Waals surface area contributed by atoms with Crippen LogP contribution in [0.1, 0.15) is 23.7 Å². The standard InChI is InChI=1S/C19H21N3O7S/c1-3-8-28-16-6-4-12(9-17(16)27-2)19(24)21-22-30(25,26)13-5-7-15-14(10-13)20-18(23)11-29-15/h4-7,9-10,22H,3,8,11H2,1-2H3,(H,20,23)(H,21,24). The van der Waals surface area contributed by atoms with Gasteiger partial charge in [0.15, 0.2) is 18.1 Å². The molecular weight excluding hydrogens is 414 g/mol. The Hall–Kier alpha value is -3.31. The first kappa shape index (κ1) is 21.4. The van der Waals surface area contributed by atoms with Gasteiger partial charge in [0.1, 0.15) is 5.75 Å². The lowest BCUT2D eigenvalue weighted by atomic mass is 10.2. The minimum absolute atomic E-state index is 0.140. The number of rotatable bonds is 8. The van der Waals surface area contributed by atoms with E-state index in [9.17, 15) is 18.0 Å². The van der Waals surface area contributed by atoms with Crippen LogP contribution in [0.3, 0.4) is 0 Å². The molecule has 160 valence electrons. The topological polar surface area (TPSA) is 132 Å². The summed E-state index contributed by atoms with van der Waals surface area (Å²) < 4.78 is 41.0. The Morgan fingerprint density at radius 3 is 2.73 bits per heavy atom. The largest absolute Gasteiger partial charge is 0.493 e. The van der Waals surface area contributed by atoms with Crippen LogP contribution in [0.15, 0.2) is 41.3 Å². The molecule has 10 nitrogen and oxygen atoms in total. The number of anilines is 1. The van der Waals surface area contributed by atoms with E-state index in [4.69, 9.17) is 14.2 Å². The third-order valence-electron chi connectivity index (χ3n) is 4.08. The van der Waals surface area contributed by atoms with Crippen LogP contribution in [0, 0.1) is 0 Å². The molecule has 2 aromatic rings. The molecule has 0 spiro atoms. The molecule has 1 heterocycles. The summed E-state index contributed by atoms with van der Waals surface area (Å²) in [5.74, 6) is 0.112. The van der Waals surface area contributed by atoms with E-state index in [1.807, 2.05) is 11.8 Å². The molecule has 0 saturated heterocycles. The van der Waals surface area contributed by atoms with Crippen LogP contribution >= 0.6 is 0 Å². The molecule has 0 aromatic heterocycles. The van der Waals surface area contributed by atoms with Gasteiger partial charge in [0.05, 0.1) is 24.3 Å². The minimum atomic E-state index is -4.09. The van der Waals surface area contributed by atoms with Crippen LogP contribution in [0.25, 0.3) is 0 Å². The molecule has 2 aromatic carbocycles. The maximum Gasteiger partial charge on any atom is 0.266 e. The van der Waals surface area contributed by atoms with Gasteiger partial charge in [-0.1, -0.05) is 6.92 Å². The molecule has 0 unspecified atom stereocenters. The molecule has 0 atom stereocenters. The average Bonchev–Trinajstić information content (AvgIpc) is 2.75. The summed E-state index contributed by atoms with van der Waals surface area (Å²) in [7, 11) is -2.65. The lowest BCUT2D eigenvalue weighted by Gasteiger charge is -2.18. The fourth-order valence-electron chi connectivity index (χ4n) is 2.61. The molecule has 2 amide bonds. The zero-order chi connectivity index (χ0) is 21.7. The maximum absolute atomic E-state index is 12.5. The molecule has 0 fully saturated rings. The van der Waals surface area contributed by atoms with Crippen molar-refractivity contribution in [3.8, 4) is 17.2 Å². The third-order valence-corrected chi connectivity index (χ3v) is 5.33. The van der Waals surface area contributed by atoms with Crippen molar-refractivity contribution >= 4 is 27.5 Å². The van der Waals surface area contributed by atoms with Crippen molar-refractivity contribution in [3.05, 3.63) is 42.0 Å². The zero-order valence-corrected chi connectivity index (χ0v) is 17.2. The number of sulfonamides is 1. The van der Waals surface area contributed by atoms with E-state index in [-0.39, 0.29) is 22.8 Å². The quantitative estimate of drug-likeness (QED) is 0.535. The molecule has 0 aliphatic carbocycles. The summed E-state index contributed by atoms with van der Waals surface area (Å²) in [4.78, 5) is 25.7. The van der Waals surface area contributed by atoms with Crippen molar-refractivity contribution in [1.29, 1.82) is 0 Å². The number of fused-ring (bicyclic) bond motifs is 1. The fraction of sp³-hybridized carbons (Fsp3) is 0.263. The Morgan fingerprint density at radius 1 is 1.20 bits per heavy atom. The van der Waals surface area contributed by atoms with Gasteiger partial charge in [-0.15, -0.1) is 4.83 Å². The highest BCUT2D eigenvalue weighted by Crippen LogP contribution is 2.30. The van der Waals surface area contributed by atoms with Gasteiger partial charge in [0.2, 0.25) is 0 Å². The van der Waals surface area contributed by atoms with Crippen molar-refractivity contribution in [1.82, 2.24) is 10.3 Å². The van der Waals surface area contributed by atoms with Gasteiger partial charge in [-0.2, -0.15) is 0 Å². The van der Waals surface area contributed by atoms with Gasteiger partial charge < -0.3 is 19.5 Å². The summed E-state index contributed by atoms with van der Waals surface area (Å²) in [6.07, 6.45) is 0.811. The molecule has 0 bridgehead atoms. The molecule has 11 heteroatoms. The fourth-order valence-corrected chi connectivity index (χ4v) is 3.48. The van der Waals surface area contributed by atoms with E-state index in [2.05, 4.69) is 10.7 Å². The number of hydrazine groups is 1. The van der Waals surface area contributed by atoms with E-state index >= 15 is 0 Å². The number of methoxy groups -OCH3 is 1. The SMILES string of the molecule is CCCOc1ccc(C(=O)NNS(=O)(=O)c2ccc3c(c2)NC(=O)CO3)cc1OC. The highest BCUT2D eigenvalue weighted by Gasteiger charge is 2.22. The van der Waals surface area contributed by atoms with Gasteiger partial charge in [-0.25, -0.2) is 8.42 Å². The van der Waals surface area contributed by atoms with Gasteiger partial charge >= 0.3 is 0 Å². The summed E-state index contributed by atoms with van der Waals surface area (Å²) in [5.41, 5.74) is 2.55. The van der Waals surface area contributed by atoms with E-state index in [1.54, 1.807) is 6.07 Å². The predicted octanol–water partition coefficient (Wildman–Crippen LogP) is 1.44. The molecule has 3 rings (SSSR count). The summed E-state index contributed by atoms with van der Waals surface area (Å²) >= 11 is 0. The Balaban J connectivity index is 1.71. The number of carbonyl (C=O) groups is 2. The van der Waals surface area contributed by atoms with E-state index in [0.717, 1.165) is 6.42 Å². The molecule has 1 aliphatic heterocycles. The van der Waals surface area contributed by atoms with Gasteiger partial charge in [-0.05, 0) is 42.8 Å². The summed E-state index contributed by atoms with van der Waals surface area (Å²) in [6.45, 7) is 2.32. The van der Waals surface area contributed by atoms with Crippen LogP contribution in [0.4, 0.5) is 5.69 Å². The van der Waals surface area contributed by atoms with Crippen LogP contribution in [-0.2, 0) is 14.8 Å². The van der Waals surface area contributed by atoms with Gasteiger partial charge in [0.25, 0.3) is 21.8 Å². The second kappa shape index (κ2) is 9.01. The molecule has 30 heavy (non-hydrogen) atoms. The van der Waals surface area contributed by atoms with Crippen LogP contribution in [0.2, 0.25) is 0 Å². The minimum Gasteiger partial charge on any atom is -0.493 e. The Morgan fingerprint density at radius 2 is 2.00 bits per heavy atom. The first-order valence-corrected chi connectivity index (χ1v) is 10.5. The predicted molar refractivity (Wildman–Crippen MR) is 107 cm³/mol. The van der Waals surface area contributed by atoms with E-state index < -0.39 is 21.8 Å². The molecule has 0 radical (unpaired) electrons. The number of hydrogen-bond donors (Lipinski definition) is 3. The lowest BCUT2D eigenvalue weighted by molar-refractivity contribution is -0.118. The van der Waals surface area contributed by atoms with Gasteiger partial charge in [-0.3, -0.25) is 15.0 Å². The number of nitrogens with one attached hydrogen (secondary N) is 3. The molecular formula is C19H21N3O7S. The highest BCUT2D eigenvalue weighted by molar-refractivity contribution is 7.89. The number of carbonyl (C=O) groups excluding carboxylic acids is 2. The second-order valence-corrected chi connectivity index (χ2v) is 7.95. The first-order valence-electron chi connectivity index (χ1n) is 9.03. The normalized spacial score (nSPS) is 12.9. The number of hydrogen-bond acceptors (Lipinski definition) is 7. The van der Waals surface area contributed by atoms with Crippen molar-refractivity contribution in [2.75, 3.05) is 25.6 Å².